The molecule has 0 amide bonds. The van der Waals surface area contributed by atoms with Crippen LogP contribution < -0.4 is 0 Å². The summed E-state index contributed by atoms with van der Waals surface area (Å²) in [7, 11) is -1.90. The molecule has 5 heteroatoms. The quantitative estimate of drug-likeness (QED) is 0.814. The first-order valence-electron chi connectivity index (χ1n) is 7.92. The summed E-state index contributed by atoms with van der Waals surface area (Å²) in [5, 5.41) is 11.2. The van der Waals surface area contributed by atoms with Crippen molar-refractivity contribution in [2.24, 2.45) is 11.3 Å². The van der Waals surface area contributed by atoms with Gasteiger partial charge in [-0.15, -0.1) is 0 Å². The van der Waals surface area contributed by atoms with Crippen molar-refractivity contribution in [2.75, 3.05) is 13.2 Å². The predicted molar refractivity (Wildman–Crippen MR) is 82.6 cm³/mol. The lowest BCUT2D eigenvalue weighted by Gasteiger charge is -2.64. The molecular formula is C16H28O4Si. The first-order chi connectivity index (χ1) is 9.39. The van der Waals surface area contributed by atoms with Crippen molar-refractivity contribution in [3.63, 3.8) is 0 Å². The van der Waals surface area contributed by atoms with Gasteiger partial charge in [0.15, 0.2) is 8.32 Å². The van der Waals surface area contributed by atoms with E-state index in [9.17, 15) is 9.90 Å². The Hall–Kier alpha value is -0.233. The molecular weight excluding hydrogens is 284 g/mol. The molecule has 4 fully saturated rings. The van der Waals surface area contributed by atoms with Crippen LogP contribution in [0.5, 0.6) is 0 Å². The number of aliphatic hydroxyl groups is 1. The maximum atomic E-state index is 12.3. The largest absolute Gasteiger partial charge is 0.416 e. The van der Waals surface area contributed by atoms with E-state index in [0.29, 0.717) is 26.1 Å². The van der Waals surface area contributed by atoms with Crippen LogP contribution in [0.3, 0.4) is 0 Å². The molecule has 0 spiro atoms. The van der Waals surface area contributed by atoms with Crippen molar-refractivity contribution in [1.82, 2.24) is 0 Å². The molecule has 0 unspecified atom stereocenters. The van der Waals surface area contributed by atoms with E-state index in [-0.39, 0.29) is 16.7 Å². The highest BCUT2D eigenvalue weighted by atomic mass is 28.4. The van der Waals surface area contributed by atoms with Gasteiger partial charge >= 0.3 is 0 Å². The van der Waals surface area contributed by atoms with Gasteiger partial charge in [0.2, 0.25) is 0 Å². The zero-order valence-electron chi connectivity index (χ0n) is 14.1. The lowest BCUT2D eigenvalue weighted by molar-refractivity contribution is -0.251. The van der Waals surface area contributed by atoms with Crippen molar-refractivity contribution in [1.29, 1.82) is 0 Å². The Labute approximate surface area is 128 Å². The van der Waals surface area contributed by atoms with E-state index in [1.807, 2.05) is 6.92 Å². The van der Waals surface area contributed by atoms with E-state index in [1.54, 1.807) is 0 Å². The Morgan fingerprint density at radius 2 is 2.05 bits per heavy atom. The van der Waals surface area contributed by atoms with Gasteiger partial charge in [-0.05, 0) is 31.5 Å². The number of carbonyl (C=O) groups excluding carboxylic acids is 1. The third-order valence-electron chi connectivity index (χ3n) is 6.91. The third-order valence-corrected chi connectivity index (χ3v) is 11.4. The molecule has 0 radical (unpaired) electrons. The molecule has 1 aliphatic heterocycles. The molecule has 3 aliphatic carbocycles. The lowest BCUT2D eigenvalue weighted by atomic mass is 9.41. The zero-order chi connectivity index (χ0) is 15.9. The number of carbonyl (C=O) groups is 1. The maximum absolute atomic E-state index is 12.3. The minimum Gasteiger partial charge on any atom is -0.416 e. The fourth-order valence-electron chi connectivity index (χ4n) is 4.08. The number of rotatable bonds is 3. The summed E-state index contributed by atoms with van der Waals surface area (Å²) in [6.45, 7) is 13.8. The summed E-state index contributed by atoms with van der Waals surface area (Å²) in [6.07, 6.45) is 0.888. The summed E-state index contributed by atoms with van der Waals surface area (Å²) in [5.41, 5.74) is -2.11. The highest BCUT2D eigenvalue weighted by Gasteiger charge is 2.81. The Morgan fingerprint density at radius 1 is 1.43 bits per heavy atom. The summed E-state index contributed by atoms with van der Waals surface area (Å²) in [4.78, 5) is 12.3. The van der Waals surface area contributed by atoms with Crippen molar-refractivity contribution >= 4 is 14.1 Å². The zero-order valence-corrected chi connectivity index (χ0v) is 15.1. The second kappa shape index (κ2) is 3.99. The standard InChI is InChI=1S/C16H28O4Si/c1-13(2,3)21(5,6)20-10-15-9-19-14(4)8-12(17)11(15)7-16(14,15)18/h11,18H,7-10H2,1-6H3/t11-,14-,15-,16-/m0/s1. The Balaban J connectivity index is 1.85. The molecule has 4 rings (SSSR count). The smallest absolute Gasteiger partial charge is 0.192 e. The van der Waals surface area contributed by atoms with Gasteiger partial charge in [0.25, 0.3) is 0 Å². The lowest BCUT2D eigenvalue weighted by Crippen LogP contribution is -2.77. The Bertz CT molecular complexity index is 497. The SMILES string of the molecule is CC(C)(C)[Si](C)(C)OC[C@@]12CO[C@@]3(C)CC(=O)[C@@H]1C[C@@]23O. The topological polar surface area (TPSA) is 55.8 Å². The summed E-state index contributed by atoms with van der Waals surface area (Å²) >= 11 is 0. The monoisotopic (exact) mass is 312 g/mol. The fourth-order valence-corrected chi connectivity index (χ4v) is 5.13. The van der Waals surface area contributed by atoms with Gasteiger partial charge in [0.05, 0.1) is 12.0 Å². The summed E-state index contributed by atoms with van der Waals surface area (Å²) < 4.78 is 12.3. The van der Waals surface area contributed by atoms with Crippen LogP contribution in [0, 0.1) is 11.3 Å². The second-order valence-corrected chi connectivity index (χ2v) is 13.8. The number of hydrogen-bond acceptors (Lipinski definition) is 4. The summed E-state index contributed by atoms with van der Waals surface area (Å²) in [6, 6.07) is 0. The molecule has 4 nitrogen and oxygen atoms in total. The van der Waals surface area contributed by atoms with Gasteiger partial charge in [0.1, 0.15) is 17.0 Å². The van der Waals surface area contributed by atoms with E-state index in [0.717, 1.165) is 0 Å². The third kappa shape index (κ3) is 1.69. The molecule has 1 heterocycles. The van der Waals surface area contributed by atoms with Crippen LogP contribution in [0.25, 0.3) is 0 Å². The molecule has 0 aromatic rings. The van der Waals surface area contributed by atoms with Gasteiger partial charge in [0, 0.05) is 18.9 Å². The number of ether oxygens (including phenoxy) is 1. The summed E-state index contributed by atoms with van der Waals surface area (Å²) in [5.74, 6) is 0.160. The molecule has 21 heavy (non-hydrogen) atoms. The van der Waals surface area contributed by atoms with E-state index in [1.165, 1.54) is 0 Å². The van der Waals surface area contributed by atoms with E-state index >= 15 is 0 Å². The Morgan fingerprint density at radius 3 is 2.62 bits per heavy atom. The molecule has 4 bridgehead atoms. The predicted octanol–water partition coefficient (Wildman–Crippen LogP) is 2.51. The maximum Gasteiger partial charge on any atom is 0.192 e. The molecule has 120 valence electrons. The van der Waals surface area contributed by atoms with Gasteiger partial charge in [-0.1, -0.05) is 20.8 Å². The average Bonchev–Trinajstić information content (AvgIpc) is 2.41. The fraction of sp³-hybridized carbons (Fsp3) is 0.938. The minimum absolute atomic E-state index is 0.0807. The van der Waals surface area contributed by atoms with E-state index in [4.69, 9.17) is 9.16 Å². The van der Waals surface area contributed by atoms with Crippen LogP contribution in [-0.4, -0.2) is 43.6 Å². The van der Waals surface area contributed by atoms with E-state index in [2.05, 4.69) is 33.9 Å². The van der Waals surface area contributed by atoms with Crippen molar-refractivity contribution in [3.05, 3.63) is 0 Å². The number of hydrogen-bond donors (Lipinski definition) is 1. The van der Waals surface area contributed by atoms with Crippen LogP contribution in [0.15, 0.2) is 0 Å². The van der Waals surface area contributed by atoms with E-state index < -0.39 is 24.9 Å². The van der Waals surface area contributed by atoms with Crippen LogP contribution >= 0.6 is 0 Å². The van der Waals surface area contributed by atoms with Gasteiger partial charge < -0.3 is 14.3 Å². The molecule has 1 saturated heterocycles. The van der Waals surface area contributed by atoms with Crippen LogP contribution in [0.1, 0.15) is 40.5 Å². The highest BCUT2D eigenvalue weighted by Crippen LogP contribution is 2.69. The normalized spacial score (nSPS) is 45.7. The molecule has 4 aliphatic rings. The first-order valence-corrected chi connectivity index (χ1v) is 10.8. The highest BCUT2D eigenvalue weighted by molar-refractivity contribution is 6.74. The number of Topliss-reactive ketones (excluding diaryl/α,β-unsaturated/α-hetero) is 1. The van der Waals surface area contributed by atoms with Crippen molar-refractivity contribution in [2.45, 2.75) is 69.9 Å². The van der Waals surface area contributed by atoms with Gasteiger partial charge in [-0.3, -0.25) is 4.79 Å². The molecule has 4 atom stereocenters. The molecule has 0 aromatic heterocycles. The molecule has 3 saturated carbocycles. The number of ketones is 1. The first kappa shape index (κ1) is 15.7. The van der Waals surface area contributed by atoms with Gasteiger partial charge in [-0.25, -0.2) is 0 Å². The van der Waals surface area contributed by atoms with Crippen LogP contribution in [-0.2, 0) is 14.0 Å². The van der Waals surface area contributed by atoms with Crippen LogP contribution in [0.4, 0.5) is 0 Å². The minimum atomic E-state index is -1.90. The number of fused-ring (bicyclic) bond motifs is 1. The van der Waals surface area contributed by atoms with Gasteiger partial charge in [-0.2, -0.15) is 0 Å². The molecule has 1 N–H and O–H groups in total. The van der Waals surface area contributed by atoms with Crippen molar-refractivity contribution < 1.29 is 19.1 Å². The molecule has 0 aromatic carbocycles. The Kier molecular flexibility index (Phi) is 2.97. The average molecular weight is 312 g/mol. The second-order valence-electron chi connectivity index (χ2n) is 8.98. The van der Waals surface area contributed by atoms with Crippen molar-refractivity contribution in [3.8, 4) is 0 Å². The van der Waals surface area contributed by atoms with Crippen LogP contribution in [0.2, 0.25) is 18.1 Å².